The molecule has 0 spiro atoms. The molecule has 0 saturated carbocycles. The quantitative estimate of drug-likeness (QED) is 0.843. The predicted molar refractivity (Wildman–Crippen MR) is 88.5 cm³/mol. The van der Waals surface area contributed by atoms with Crippen LogP contribution < -0.4 is 10.6 Å². The van der Waals surface area contributed by atoms with Crippen molar-refractivity contribution in [3.05, 3.63) is 41.6 Å². The molecule has 130 valence electrons. The standard InChI is InChI=1S/C16H20F3N5/c1-11-9-14(20-7-8-24(2)3)23-15(21-11)22-13-6-4-5-12(10-13)16(17,18)19/h4-6,9-10H,7-8H2,1-3H3,(H2,20,21,22,23). The van der Waals surface area contributed by atoms with Gasteiger partial charge in [-0.1, -0.05) is 6.07 Å². The molecule has 2 N–H and O–H groups in total. The molecule has 0 unspecified atom stereocenters. The smallest absolute Gasteiger partial charge is 0.369 e. The maximum Gasteiger partial charge on any atom is 0.416 e. The van der Waals surface area contributed by atoms with Crippen molar-refractivity contribution in [3.63, 3.8) is 0 Å². The number of likely N-dealkylation sites (N-methyl/N-ethyl adjacent to an activating group) is 1. The summed E-state index contributed by atoms with van der Waals surface area (Å²) in [6, 6.07) is 6.73. The van der Waals surface area contributed by atoms with Crippen LogP contribution in [0.25, 0.3) is 0 Å². The molecule has 0 atom stereocenters. The molecule has 0 fully saturated rings. The maximum atomic E-state index is 12.8. The molecule has 24 heavy (non-hydrogen) atoms. The summed E-state index contributed by atoms with van der Waals surface area (Å²) in [6.45, 7) is 3.34. The Morgan fingerprint density at radius 1 is 1.12 bits per heavy atom. The summed E-state index contributed by atoms with van der Waals surface area (Å²) in [5, 5.41) is 5.99. The number of anilines is 3. The first-order chi connectivity index (χ1) is 11.2. The molecular weight excluding hydrogens is 319 g/mol. The van der Waals surface area contributed by atoms with Gasteiger partial charge in [0.2, 0.25) is 5.95 Å². The van der Waals surface area contributed by atoms with Crippen molar-refractivity contribution in [1.29, 1.82) is 0 Å². The van der Waals surface area contributed by atoms with Crippen LogP contribution in [0.1, 0.15) is 11.3 Å². The van der Waals surface area contributed by atoms with Crippen LogP contribution in [-0.2, 0) is 6.18 Å². The van der Waals surface area contributed by atoms with E-state index in [1.165, 1.54) is 6.07 Å². The number of halogens is 3. The highest BCUT2D eigenvalue weighted by molar-refractivity contribution is 5.56. The van der Waals surface area contributed by atoms with E-state index >= 15 is 0 Å². The number of hydrogen-bond donors (Lipinski definition) is 2. The van der Waals surface area contributed by atoms with Gasteiger partial charge in [0.05, 0.1) is 5.56 Å². The molecule has 0 aliphatic carbocycles. The normalized spacial score (nSPS) is 11.6. The zero-order valence-electron chi connectivity index (χ0n) is 13.8. The first-order valence-electron chi connectivity index (χ1n) is 7.42. The second-order valence-electron chi connectivity index (χ2n) is 5.65. The second-order valence-corrected chi connectivity index (χ2v) is 5.65. The summed E-state index contributed by atoms with van der Waals surface area (Å²) in [7, 11) is 3.93. The molecule has 0 aliphatic rings. The Morgan fingerprint density at radius 3 is 2.54 bits per heavy atom. The maximum absolute atomic E-state index is 12.8. The Kier molecular flexibility index (Phi) is 5.61. The number of aryl methyl sites for hydroxylation is 1. The fourth-order valence-corrected chi connectivity index (χ4v) is 2.02. The van der Waals surface area contributed by atoms with Gasteiger partial charge in [-0.05, 0) is 39.2 Å². The van der Waals surface area contributed by atoms with Crippen LogP contribution >= 0.6 is 0 Å². The summed E-state index contributed by atoms with van der Waals surface area (Å²) in [5.74, 6) is 0.875. The van der Waals surface area contributed by atoms with Crippen LogP contribution in [0.2, 0.25) is 0 Å². The molecule has 0 radical (unpaired) electrons. The zero-order valence-corrected chi connectivity index (χ0v) is 13.8. The second kappa shape index (κ2) is 7.48. The van der Waals surface area contributed by atoms with Crippen LogP contribution in [-0.4, -0.2) is 42.1 Å². The minimum absolute atomic E-state index is 0.252. The molecule has 2 rings (SSSR count). The van der Waals surface area contributed by atoms with Crippen molar-refractivity contribution in [2.45, 2.75) is 13.1 Å². The molecule has 8 heteroatoms. The summed E-state index contributed by atoms with van der Waals surface area (Å²) in [4.78, 5) is 10.5. The Bertz CT molecular complexity index is 686. The fourth-order valence-electron chi connectivity index (χ4n) is 2.02. The van der Waals surface area contributed by atoms with E-state index in [-0.39, 0.29) is 11.6 Å². The van der Waals surface area contributed by atoms with Crippen molar-refractivity contribution in [3.8, 4) is 0 Å². The molecule has 0 saturated heterocycles. The van der Waals surface area contributed by atoms with Crippen molar-refractivity contribution in [1.82, 2.24) is 14.9 Å². The van der Waals surface area contributed by atoms with Gasteiger partial charge in [-0.3, -0.25) is 0 Å². The van der Waals surface area contributed by atoms with Gasteiger partial charge in [0.1, 0.15) is 5.82 Å². The number of alkyl halides is 3. The molecule has 0 aliphatic heterocycles. The van der Waals surface area contributed by atoms with Gasteiger partial charge in [0.15, 0.2) is 0 Å². The zero-order chi connectivity index (χ0) is 17.7. The van der Waals surface area contributed by atoms with Crippen LogP contribution in [0, 0.1) is 6.92 Å². The van der Waals surface area contributed by atoms with E-state index in [9.17, 15) is 13.2 Å². The van der Waals surface area contributed by atoms with Gasteiger partial charge < -0.3 is 15.5 Å². The molecule has 1 heterocycles. The van der Waals surface area contributed by atoms with Gasteiger partial charge in [0.25, 0.3) is 0 Å². The molecule has 1 aromatic carbocycles. The molecule has 5 nitrogen and oxygen atoms in total. The van der Waals surface area contributed by atoms with Crippen LogP contribution in [0.3, 0.4) is 0 Å². The Morgan fingerprint density at radius 2 is 1.88 bits per heavy atom. The lowest BCUT2D eigenvalue weighted by atomic mass is 10.2. The molecular formula is C16H20F3N5. The topological polar surface area (TPSA) is 53.1 Å². The van der Waals surface area contributed by atoms with Gasteiger partial charge >= 0.3 is 6.18 Å². The third-order valence-electron chi connectivity index (χ3n) is 3.17. The van der Waals surface area contributed by atoms with E-state index in [0.717, 1.165) is 18.7 Å². The molecule has 0 amide bonds. The van der Waals surface area contributed by atoms with Crippen molar-refractivity contribution in [2.24, 2.45) is 0 Å². The fraction of sp³-hybridized carbons (Fsp3) is 0.375. The van der Waals surface area contributed by atoms with Crippen LogP contribution in [0.5, 0.6) is 0 Å². The molecule has 2 aromatic rings. The monoisotopic (exact) mass is 339 g/mol. The predicted octanol–water partition coefficient (Wildman–Crippen LogP) is 3.52. The highest BCUT2D eigenvalue weighted by atomic mass is 19.4. The number of nitrogens with zero attached hydrogens (tertiary/aromatic N) is 3. The Balaban J connectivity index is 2.13. The third-order valence-corrected chi connectivity index (χ3v) is 3.17. The van der Waals surface area contributed by atoms with E-state index in [1.54, 1.807) is 19.1 Å². The summed E-state index contributed by atoms with van der Waals surface area (Å²) in [6.07, 6.45) is -4.38. The van der Waals surface area contributed by atoms with Crippen molar-refractivity contribution >= 4 is 17.5 Å². The number of benzene rings is 1. The number of rotatable bonds is 6. The number of aromatic nitrogens is 2. The summed E-state index contributed by atoms with van der Waals surface area (Å²) < 4.78 is 38.3. The van der Waals surface area contributed by atoms with Crippen LogP contribution in [0.4, 0.5) is 30.6 Å². The lowest BCUT2D eigenvalue weighted by molar-refractivity contribution is -0.137. The summed E-state index contributed by atoms with van der Waals surface area (Å²) in [5.41, 5.74) is 0.283. The van der Waals surface area contributed by atoms with Crippen LogP contribution in [0.15, 0.2) is 30.3 Å². The lowest BCUT2D eigenvalue weighted by Gasteiger charge is -2.13. The minimum atomic E-state index is -4.38. The highest BCUT2D eigenvalue weighted by Gasteiger charge is 2.30. The van der Waals surface area contributed by atoms with E-state index in [1.807, 2.05) is 19.0 Å². The van der Waals surface area contributed by atoms with Crippen molar-refractivity contribution < 1.29 is 13.2 Å². The summed E-state index contributed by atoms with van der Waals surface area (Å²) >= 11 is 0. The van der Waals surface area contributed by atoms with Gasteiger partial charge in [-0.25, -0.2) is 4.98 Å². The number of nitrogens with one attached hydrogen (secondary N) is 2. The first-order valence-corrected chi connectivity index (χ1v) is 7.42. The van der Waals surface area contributed by atoms with E-state index in [4.69, 9.17) is 0 Å². The van der Waals surface area contributed by atoms with Gasteiger partial charge in [0, 0.05) is 30.5 Å². The Labute approximate surface area is 138 Å². The Hall–Kier alpha value is -2.35. The molecule has 0 bridgehead atoms. The average molecular weight is 339 g/mol. The largest absolute Gasteiger partial charge is 0.416 e. The van der Waals surface area contributed by atoms with Gasteiger partial charge in [-0.15, -0.1) is 0 Å². The number of hydrogen-bond acceptors (Lipinski definition) is 5. The SMILES string of the molecule is Cc1cc(NCCN(C)C)nc(Nc2cccc(C(F)(F)F)c2)n1. The van der Waals surface area contributed by atoms with E-state index in [0.29, 0.717) is 18.1 Å². The third kappa shape index (κ3) is 5.38. The van der Waals surface area contributed by atoms with E-state index in [2.05, 4.69) is 20.6 Å². The highest BCUT2D eigenvalue weighted by Crippen LogP contribution is 2.31. The van der Waals surface area contributed by atoms with E-state index < -0.39 is 11.7 Å². The van der Waals surface area contributed by atoms with Gasteiger partial charge in [-0.2, -0.15) is 18.2 Å². The van der Waals surface area contributed by atoms with Crippen molar-refractivity contribution in [2.75, 3.05) is 37.8 Å². The lowest BCUT2D eigenvalue weighted by Crippen LogP contribution is -2.21. The minimum Gasteiger partial charge on any atom is -0.369 e. The first kappa shape index (κ1) is 18.0. The molecule has 1 aromatic heterocycles. The average Bonchev–Trinajstić information content (AvgIpc) is 2.45.